The molecule has 12 unspecified atom stereocenters. The Balaban J connectivity index is 1.80. The monoisotopic (exact) mass is 504 g/mol. The maximum absolute atomic E-state index is 10.6. The van der Waals surface area contributed by atoms with Crippen LogP contribution in [-0.4, -0.2) is 168 Å². The summed E-state index contributed by atoms with van der Waals surface area (Å²) >= 11 is 0. The van der Waals surface area contributed by atoms with Crippen LogP contribution in [-0.2, 0) is 23.7 Å². The van der Waals surface area contributed by atoms with E-state index in [1.165, 1.54) is 0 Å². The fourth-order valence-corrected chi connectivity index (χ4v) is 4.17. The minimum absolute atomic E-state index is 0.719. The van der Waals surface area contributed by atoms with Crippen molar-refractivity contribution in [3.63, 3.8) is 0 Å². The van der Waals surface area contributed by atoms with Crippen LogP contribution in [0.5, 0.6) is 0 Å². The number of aliphatic hydroxyl groups excluding tert-OH is 10. The number of aliphatic hydroxyl groups is 11. The highest BCUT2D eigenvalue weighted by Crippen LogP contribution is 2.39. The van der Waals surface area contributed by atoms with E-state index < -0.39 is 112 Å². The molecular formula is C18H32O16. The van der Waals surface area contributed by atoms with E-state index in [-0.39, 0.29) is 0 Å². The van der Waals surface area contributed by atoms with E-state index in [0.717, 1.165) is 0 Å². The lowest BCUT2D eigenvalue weighted by molar-refractivity contribution is -0.345. The maximum Gasteiger partial charge on any atom is 0.222 e. The van der Waals surface area contributed by atoms with Crippen molar-refractivity contribution < 1.29 is 79.9 Å². The van der Waals surface area contributed by atoms with E-state index in [9.17, 15) is 56.2 Å². The molecule has 34 heavy (non-hydrogen) atoms. The van der Waals surface area contributed by atoms with Gasteiger partial charge in [-0.3, -0.25) is 0 Å². The molecule has 200 valence electrons. The molecule has 3 fully saturated rings. The zero-order valence-corrected chi connectivity index (χ0v) is 17.9. The lowest BCUT2D eigenvalue weighted by Crippen LogP contribution is -2.56. The zero-order valence-electron chi connectivity index (χ0n) is 17.9. The molecule has 11 N–H and O–H groups in total. The van der Waals surface area contributed by atoms with Crippen molar-refractivity contribution in [3.8, 4) is 0 Å². The summed E-state index contributed by atoms with van der Waals surface area (Å²) in [6.07, 6.45) is -15.0. The lowest BCUT2D eigenvalue weighted by Gasteiger charge is -2.37. The number of hydrogen-bond donors (Lipinski definition) is 11. The highest BCUT2D eigenvalue weighted by Gasteiger charge is 2.61. The Hall–Kier alpha value is -0.640. The summed E-state index contributed by atoms with van der Waals surface area (Å²) in [5, 5.41) is 109. The van der Waals surface area contributed by atoms with Gasteiger partial charge in [-0.05, 0) is 0 Å². The first kappa shape index (κ1) is 27.9. The molecule has 0 aromatic heterocycles. The third kappa shape index (κ3) is 4.59. The highest BCUT2D eigenvalue weighted by atomic mass is 16.8. The Bertz CT molecular complexity index is 684. The topological polar surface area (TPSA) is 269 Å². The molecule has 0 aromatic rings. The van der Waals surface area contributed by atoms with Gasteiger partial charge >= 0.3 is 0 Å². The maximum atomic E-state index is 10.6. The van der Waals surface area contributed by atoms with E-state index >= 15 is 0 Å². The summed E-state index contributed by atoms with van der Waals surface area (Å²) in [6.45, 7) is -5.22. The number of ether oxygens (including phenoxy) is 5. The van der Waals surface area contributed by atoms with Gasteiger partial charge in [-0.1, -0.05) is 0 Å². The van der Waals surface area contributed by atoms with Crippen molar-refractivity contribution >= 4 is 0 Å². The molecule has 0 aliphatic carbocycles. The second kappa shape index (κ2) is 10.4. The zero-order chi connectivity index (χ0) is 25.5. The van der Waals surface area contributed by atoms with Crippen LogP contribution in [0.2, 0.25) is 0 Å². The highest BCUT2D eigenvalue weighted by molar-refractivity contribution is 5.01. The average Bonchev–Trinajstić information content (AvgIpc) is 3.33. The van der Waals surface area contributed by atoms with Crippen molar-refractivity contribution in [2.75, 3.05) is 39.6 Å². The molecule has 0 radical (unpaired) electrons. The molecule has 0 aromatic carbocycles. The van der Waals surface area contributed by atoms with Crippen molar-refractivity contribution in [1.29, 1.82) is 0 Å². The predicted molar refractivity (Wildman–Crippen MR) is 101 cm³/mol. The van der Waals surface area contributed by atoms with Crippen LogP contribution in [0.4, 0.5) is 0 Å². The van der Waals surface area contributed by atoms with Gasteiger partial charge in [-0.15, -0.1) is 0 Å². The Morgan fingerprint density at radius 1 is 0.588 bits per heavy atom. The number of hydrogen-bond acceptors (Lipinski definition) is 16. The van der Waals surface area contributed by atoms with Gasteiger partial charge in [0.25, 0.3) is 0 Å². The largest absolute Gasteiger partial charge is 0.394 e. The molecule has 16 heteroatoms. The van der Waals surface area contributed by atoms with Crippen LogP contribution in [0.25, 0.3) is 0 Å². The quantitative estimate of drug-likeness (QED) is 0.132. The van der Waals surface area contributed by atoms with Crippen molar-refractivity contribution in [2.45, 2.75) is 72.3 Å². The minimum Gasteiger partial charge on any atom is -0.394 e. The molecule has 3 saturated heterocycles. The minimum atomic E-state index is -2.50. The Morgan fingerprint density at radius 2 is 1.09 bits per heavy atom. The van der Waals surface area contributed by atoms with Gasteiger partial charge in [0.05, 0.1) is 26.4 Å². The van der Waals surface area contributed by atoms with Gasteiger partial charge < -0.3 is 79.9 Å². The summed E-state index contributed by atoms with van der Waals surface area (Å²) in [6, 6.07) is 0. The second-order valence-electron chi connectivity index (χ2n) is 8.52. The molecule has 16 nitrogen and oxygen atoms in total. The van der Waals surface area contributed by atoms with E-state index in [4.69, 9.17) is 23.7 Å². The van der Waals surface area contributed by atoms with E-state index in [1.807, 2.05) is 0 Å². The van der Waals surface area contributed by atoms with E-state index in [1.54, 1.807) is 0 Å². The fraction of sp³-hybridized carbons (Fsp3) is 1.00. The summed E-state index contributed by atoms with van der Waals surface area (Å²) < 4.78 is 26.7. The van der Waals surface area contributed by atoms with Gasteiger partial charge in [-0.2, -0.15) is 0 Å². The van der Waals surface area contributed by atoms with Gasteiger partial charge in [0, 0.05) is 0 Å². The smallest absolute Gasteiger partial charge is 0.222 e. The lowest BCUT2D eigenvalue weighted by atomic mass is 10.0. The van der Waals surface area contributed by atoms with Crippen LogP contribution in [0.1, 0.15) is 0 Å². The van der Waals surface area contributed by atoms with Crippen molar-refractivity contribution in [3.05, 3.63) is 0 Å². The standard InChI is InChI=1S/C18H32O16/c19-1-7-10(23)14(27)17(5-22,33-7)31-6-18(15(28)11(24)8(2-20)34-18)30-3-9-12(25)13(26)16(29,4-21)32-9/h7-15,19-29H,1-6H2. The molecule has 3 aliphatic rings. The molecule has 0 spiro atoms. The summed E-state index contributed by atoms with van der Waals surface area (Å²) in [4.78, 5) is 0. The van der Waals surface area contributed by atoms with Crippen LogP contribution in [0.15, 0.2) is 0 Å². The number of rotatable bonds is 10. The Labute approximate surface area is 192 Å². The molecule has 0 amide bonds. The second-order valence-corrected chi connectivity index (χ2v) is 8.52. The predicted octanol–water partition coefficient (Wildman–Crippen LogP) is -7.57. The Kier molecular flexibility index (Phi) is 8.53. The summed E-state index contributed by atoms with van der Waals surface area (Å²) in [5.74, 6) is -7.14. The van der Waals surface area contributed by atoms with Crippen LogP contribution >= 0.6 is 0 Å². The normalized spacial score (nSPS) is 51.4. The van der Waals surface area contributed by atoms with Crippen molar-refractivity contribution in [2.24, 2.45) is 0 Å². The first-order valence-corrected chi connectivity index (χ1v) is 10.5. The van der Waals surface area contributed by atoms with E-state index in [2.05, 4.69) is 0 Å². The third-order valence-electron chi connectivity index (χ3n) is 6.35. The summed E-state index contributed by atoms with van der Waals surface area (Å²) in [5.41, 5.74) is 0. The SMILES string of the molecule is OCC1OC(CO)(OCC2(OCC3OC(O)(CO)C(O)C3O)OC(CO)C(O)C2O)C(O)C1O. The van der Waals surface area contributed by atoms with Crippen LogP contribution in [0.3, 0.4) is 0 Å². The van der Waals surface area contributed by atoms with Crippen molar-refractivity contribution in [1.82, 2.24) is 0 Å². The average molecular weight is 504 g/mol. The van der Waals surface area contributed by atoms with Gasteiger partial charge in [-0.25, -0.2) is 0 Å². The summed E-state index contributed by atoms with van der Waals surface area (Å²) in [7, 11) is 0. The molecule has 3 rings (SSSR count). The van der Waals surface area contributed by atoms with Crippen LogP contribution in [0, 0.1) is 0 Å². The molecule has 3 aliphatic heterocycles. The third-order valence-corrected chi connectivity index (χ3v) is 6.35. The molecule has 3 heterocycles. The first-order valence-electron chi connectivity index (χ1n) is 10.5. The fourth-order valence-electron chi connectivity index (χ4n) is 4.17. The molecule has 0 saturated carbocycles. The first-order chi connectivity index (χ1) is 15.9. The molecular weight excluding hydrogens is 472 g/mol. The van der Waals surface area contributed by atoms with Gasteiger partial charge in [0.2, 0.25) is 17.4 Å². The van der Waals surface area contributed by atoms with Gasteiger partial charge in [0.15, 0.2) is 0 Å². The van der Waals surface area contributed by atoms with Crippen LogP contribution < -0.4 is 0 Å². The van der Waals surface area contributed by atoms with E-state index in [0.29, 0.717) is 0 Å². The molecule has 0 bridgehead atoms. The Morgan fingerprint density at radius 3 is 1.53 bits per heavy atom. The molecule has 12 atom stereocenters. The van der Waals surface area contributed by atoms with Gasteiger partial charge in [0.1, 0.15) is 68.1 Å².